The number of ketones is 1. The first-order valence-corrected chi connectivity index (χ1v) is 7.17. The molecule has 0 amide bonds. The summed E-state index contributed by atoms with van der Waals surface area (Å²) in [6.45, 7) is -0.873. The molecule has 0 aliphatic rings. The molecule has 0 aliphatic heterocycles. The highest BCUT2D eigenvalue weighted by Crippen LogP contribution is 2.19. The van der Waals surface area contributed by atoms with Gasteiger partial charge < -0.3 is 13.9 Å². The summed E-state index contributed by atoms with van der Waals surface area (Å²) >= 11 is 0. The molecule has 24 heavy (non-hydrogen) atoms. The zero-order valence-electron chi connectivity index (χ0n) is 12.5. The van der Waals surface area contributed by atoms with Crippen LogP contribution >= 0.6 is 0 Å². The van der Waals surface area contributed by atoms with Crippen molar-refractivity contribution in [1.82, 2.24) is 0 Å². The van der Waals surface area contributed by atoms with Crippen LogP contribution in [-0.2, 0) is 9.53 Å². The molecule has 0 saturated heterocycles. The van der Waals surface area contributed by atoms with Gasteiger partial charge in [-0.1, -0.05) is 24.3 Å². The molecule has 0 N–H and O–H groups in total. The third-order valence-corrected chi connectivity index (χ3v) is 3.22. The van der Waals surface area contributed by atoms with E-state index >= 15 is 0 Å². The molecule has 1 heterocycles. The summed E-state index contributed by atoms with van der Waals surface area (Å²) in [5.74, 6) is -1.33. The normalized spacial score (nSPS) is 10.5. The summed E-state index contributed by atoms with van der Waals surface area (Å²) in [5, 5.41) is 0.793. The van der Waals surface area contributed by atoms with E-state index in [9.17, 15) is 14.0 Å². The Bertz CT molecular complexity index is 851. The molecule has 0 radical (unpaired) electrons. The Labute approximate surface area is 136 Å². The van der Waals surface area contributed by atoms with E-state index in [1.165, 1.54) is 18.2 Å². The van der Waals surface area contributed by atoms with Gasteiger partial charge in [-0.05, 0) is 24.3 Å². The lowest BCUT2D eigenvalue weighted by molar-refractivity contribution is -0.144. The topological polar surface area (TPSA) is 65.7 Å². The van der Waals surface area contributed by atoms with Gasteiger partial charge in [0.2, 0.25) is 5.78 Å². The van der Waals surface area contributed by atoms with Gasteiger partial charge in [0.15, 0.2) is 19.0 Å². The van der Waals surface area contributed by atoms with E-state index in [0.717, 1.165) is 11.5 Å². The van der Waals surface area contributed by atoms with Crippen molar-refractivity contribution in [3.63, 3.8) is 0 Å². The van der Waals surface area contributed by atoms with Crippen molar-refractivity contribution in [3.05, 3.63) is 66.2 Å². The lowest BCUT2D eigenvalue weighted by Gasteiger charge is -2.06. The molecule has 0 bridgehead atoms. The Morgan fingerprint density at radius 2 is 1.83 bits per heavy atom. The average Bonchev–Trinajstić information content (AvgIpc) is 3.02. The van der Waals surface area contributed by atoms with E-state index in [2.05, 4.69) is 0 Å². The first-order chi connectivity index (χ1) is 11.6. The van der Waals surface area contributed by atoms with Gasteiger partial charge in [-0.2, -0.15) is 0 Å². The maximum absolute atomic E-state index is 13.0. The minimum absolute atomic E-state index is 0.120. The Balaban J connectivity index is 1.51. The van der Waals surface area contributed by atoms with E-state index in [1.807, 2.05) is 12.1 Å². The van der Waals surface area contributed by atoms with E-state index in [4.69, 9.17) is 13.9 Å². The van der Waals surface area contributed by atoms with Crippen LogP contribution in [0.5, 0.6) is 5.75 Å². The van der Waals surface area contributed by atoms with Gasteiger partial charge in [0, 0.05) is 11.5 Å². The predicted molar refractivity (Wildman–Crippen MR) is 83.4 cm³/mol. The Kier molecular flexibility index (Phi) is 4.56. The molecule has 5 nitrogen and oxygen atoms in total. The molecule has 2 aromatic carbocycles. The monoisotopic (exact) mass is 328 g/mol. The Hall–Kier alpha value is -3.15. The van der Waals surface area contributed by atoms with Crippen molar-refractivity contribution in [1.29, 1.82) is 0 Å². The smallest absolute Gasteiger partial charge is 0.344 e. The van der Waals surface area contributed by atoms with Gasteiger partial charge >= 0.3 is 5.97 Å². The van der Waals surface area contributed by atoms with Gasteiger partial charge in [0.05, 0.1) is 0 Å². The highest BCUT2D eigenvalue weighted by molar-refractivity contribution is 5.99. The molecular formula is C18H13FO5. The first-order valence-electron chi connectivity index (χ1n) is 7.17. The molecule has 0 saturated carbocycles. The van der Waals surface area contributed by atoms with Gasteiger partial charge in [-0.3, -0.25) is 4.79 Å². The van der Waals surface area contributed by atoms with Crippen LogP contribution in [0.4, 0.5) is 4.39 Å². The van der Waals surface area contributed by atoms with Crippen LogP contribution in [-0.4, -0.2) is 25.0 Å². The second kappa shape index (κ2) is 6.95. The molecule has 3 rings (SSSR count). The maximum Gasteiger partial charge on any atom is 0.344 e. The number of para-hydroxylation sites is 1. The summed E-state index contributed by atoms with van der Waals surface area (Å²) in [6.07, 6.45) is 0. The largest absolute Gasteiger partial charge is 0.482 e. The lowest BCUT2D eigenvalue weighted by atomic mass is 10.2. The highest BCUT2D eigenvalue weighted by Gasteiger charge is 2.15. The third kappa shape index (κ3) is 3.78. The van der Waals surface area contributed by atoms with E-state index in [0.29, 0.717) is 5.58 Å². The van der Waals surface area contributed by atoms with E-state index in [1.54, 1.807) is 18.2 Å². The van der Waals surface area contributed by atoms with Crippen LogP contribution in [0, 0.1) is 5.82 Å². The molecule has 0 aliphatic carbocycles. The van der Waals surface area contributed by atoms with E-state index in [-0.39, 0.29) is 11.5 Å². The highest BCUT2D eigenvalue weighted by atomic mass is 19.1. The number of halogens is 1. The summed E-state index contributed by atoms with van der Waals surface area (Å²) in [5.41, 5.74) is 0.585. The van der Waals surface area contributed by atoms with Crippen molar-refractivity contribution < 1.29 is 27.9 Å². The van der Waals surface area contributed by atoms with Gasteiger partial charge in [-0.15, -0.1) is 0 Å². The minimum Gasteiger partial charge on any atom is -0.482 e. The number of esters is 1. The molecule has 3 aromatic rings. The van der Waals surface area contributed by atoms with Crippen molar-refractivity contribution >= 4 is 22.7 Å². The number of fused-ring (bicyclic) bond motifs is 1. The zero-order valence-corrected chi connectivity index (χ0v) is 12.5. The maximum atomic E-state index is 13.0. The zero-order chi connectivity index (χ0) is 16.9. The van der Waals surface area contributed by atoms with Crippen molar-refractivity contribution in [2.45, 2.75) is 0 Å². The summed E-state index contributed by atoms with van der Waals surface area (Å²) in [7, 11) is 0. The number of rotatable bonds is 6. The number of furan rings is 1. The fourth-order valence-electron chi connectivity index (χ4n) is 2.08. The number of benzene rings is 2. The SMILES string of the molecule is O=C(COc1cccc(F)c1)OCC(=O)c1cc2ccccc2o1. The Morgan fingerprint density at radius 1 is 1.00 bits per heavy atom. The fourth-order valence-corrected chi connectivity index (χ4v) is 2.08. The second-order valence-electron chi connectivity index (χ2n) is 4.98. The molecule has 0 fully saturated rings. The predicted octanol–water partition coefficient (Wildman–Crippen LogP) is 3.38. The number of carbonyl (C=O) groups excluding carboxylic acids is 2. The molecule has 0 spiro atoms. The van der Waals surface area contributed by atoms with Gasteiger partial charge in [0.25, 0.3) is 0 Å². The molecule has 1 aromatic heterocycles. The van der Waals surface area contributed by atoms with Gasteiger partial charge in [-0.25, -0.2) is 9.18 Å². The van der Waals surface area contributed by atoms with Crippen LogP contribution in [0.1, 0.15) is 10.6 Å². The number of ether oxygens (including phenoxy) is 2. The molecule has 0 unspecified atom stereocenters. The summed E-state index contributed by atoms with van der Waals surface area (Å²) in [4.78, 5) is 23.6. The lowest BCUT2D eigenvalue weighted by Crippen LogP contribution is -2.19. The average molecular weight is 328 g/mol. The number of hydrogen-bond acceptors (Lipinski definition) is 5. The second-order valence-corrected chi connectivity index (χ2v) is 4.98. The third-order valence-electron chi connectivity index (χ3n) is 3.22. The molecule has 122 valence electrons. The van der Waals surface area contributed by atoms with Crippen molar-refractivity contribution in [2.24, 2.45) is 0 Å². The van der Waals surface area contributed by atoms with Crippen molar-refractivity contribution in [3.8, 4) is 5.75 Å². The Morgan fingerprint density at radius 3 is 2.62 bits per heavy atom. The van der Waals surface area contributed by atoms with Crippen LogP contribution in [0.3, 0.4) is 0 Å². The first kappa shape index (κ1) is 15.7. The van der Waals surface area contributed by atoms with E-state index < -0.39 is 30.8 Å². The summed E-state index contributed by atoms with van der Waals surface area (Å²) in [6, 6.07) is 14.1. The fraction of sp³-hybridized carbons (Fsp3) is 0.111. The quantitative estimate of drug-likeness (QED) is 0.513. The standard InChI is InChI=1S/C18H13FO5/c19-13-5-3-6-14(9-13)22-11-18(21)23-10-15(20)17-8-12-4-1-2-7-16(12)24-17/h1-9H,10-11H2. The van der Waals surface area contributed by atoms with Gasteiger partial charge in [0.1, 0.15) is 17.1 Å². The van der Waals surface area contributed by atoms with Crippen LogP contribution < -0.4 is 4.74 Å². The molecule has 6 heteroatoms. The molecular weight excluding hydrogens is 315 g/mol. The number of carbonyl (C=O) groups is 2. The van der Waals surface area contributed by atoms with Crippen LogP contribution in [0.25, 0.3) is 11.0 Å². The van der Waals surface area contributed by atoms with Crippen molar-refractivity contribution in [2.75, 3.05) is 13.2 Å². The minimum atomic E-state index is -0.733. The summed E-state index contributed by atoms with van der Waals surface area (Å²) < 4.78 is 28.3. The molecule has 0 atom stereocenters. The number of Topliss-reactive ketones (excluding diaryl/α,β-unsaturated/α-hetero) is 1. The van der Waals surface area contributed by atoms with Crippen LogP contribution in [0.15, 0.2) is 59.0 Å². The van der Waals surface area contributed by atoms with Crippen LogP contribution in [0.2, 0.25) is 0 Å². The number of hydrogen-bond donors (Lipinski definition) is 0.